The number of hydrogen-bond acceptors (Lipinski definition) is 4. The van der Waals surface area contributed by atoms with Gasteiger partial charge in [0.25, 0.3) is 0 Å². The monoisotopic (exact) mass is 506 g/mol. The number of ether oxygens (including phenoxy) is 2. The highest BCUT2D eigenvalue weighted by Crippen LogP contribution is 2.29. The summed E-state index contributed by atoms with van der Waals surface area (Å²) in [6.07, 6.45) is 5.81. The Hall–Kier alpha value is -2.44. The number of hydrogen-bond donors (Lipinski definition) is 1. The maximum Gasteiger partial charge on any atom is 0.247 e. The van der Waals surface area contributed by atoms with Crippen LogP contribution in [0.25, 0.3) is 0 Å². The van der Waals surface area contributed by atoms with E-state index in [-0.39, 0.29) is 23.7 Å². The number of methoxy groups -OCH3 is 2. The van der Waals surface area contributed by atoms with Crippen molar-refractivity contribution in [2.75, 3.05) is 26.6 Å². The highest BCUT2D eigenvalue weighted by atomic mass is 35.5. The SMILES string of the molecule is COc1ccc(CCN(C(=O)CCl)[C@@H](C(=O)NC2CCCCC2)c2ccc(Cl)cc2)cc1OC. The molecule has 2 amide bonds. The van der Waals surface area contributed by atoms with E-state index in [1.54, 1.807) is 43.4 Å². The van der Waals surface area contributed by atoms with Crippen molar-refractivity contribution in [2.45, 2.75) is 50.6 Å². The van der Waals surface area contributed by atoms with Crippen LogP contribution in [0, 0.1) is 0 Å². The van der Waals surface area contributed by atoms with Gasteiger partial charge in [-0.3, -0.25) is 9.59 Å². The van der Waals surface area contributed by atoms with Gasteiger partial charge in [-0.2, -0.15) is 0 Å². The van der Waals surface area contributed by atoms with E-state index in [1.165, 1.54) is 6.42 Å². The van der Waals surface area contributed by atoms with Crippen LogP contribution in [0.2, 0.25) is 5.02 Å². The lowest BCUT2D eigenvalue weighted by Gasteiger charge is -2.33. The fourth-order valence-electron chi connectivity index (χ4n) is 4.41. The number of carbonyl (C=O) groups excluding carboxylic acids is 2. The molecule has 34 heavy (non-hydrogen) atoms. The molecule has 0 radical (unpaired) electrons. The lowest BCUT2D eigenvalue weighted by Crippen LogP contribution is -2.48. The summed E-state index contributed by atoms with van der Waals surface area (Å²) in [5.74, 6) is 0.526. The van der Waals surface area contributed by atoms with Crippen LogP contribution in [0.5, 0.6) is 11.5 Å². The molecule has 1 aliphatic carbocycles. The summed E-state index contributed by atoms with van der Waals surface area (Å²) in [6.45, 7) is 0.312. The topological polar surface area (TPSA) is 67.9 Å². The van der Waals surface area contributed by atoms with Gasteiger partial charge in [-0.15, -0.1) is 11.6 Å². The van der Waals surface area contributed by atoms with Gasteiger partial charge >= 0.3 is 0 Å². The highest BCUT2D eigenvalue weighted by molar-refractivity contribution is 6.30. The molecule has 184 valence electrons. The number of alkyl halides is 1. The normalized spacial score (nSPS) is 14.8. The van der Waals surface area contributed by atoms with Crippen molar-refractivity contribution in [1.82, 2.24) is 10.2 Å². The fraction of sp³-hybridized carbons (Fsp3) is 0.462. The Morgan fingerprint density at radius 1 is 1.03 bits per heavy atom. The third kappa shape index (κ3) is 6.80. The molecule has 1 N–H and O–H groups in total. The van der Waals surface area contributed by atoms with Crippen LogP contribution < -0.4 is 14.8 Å². The van der Waals surface area contributed by atoms with E-state index in [1.807, 2.05) is 18.2 Å². The summed E-state index contributed by atoms with van der Waals surface area (Å²) < 4.78 is 10.7. The second-order valence-corrected chi connectivity index (χ2v) is 9.16. The molecular weight excluding hydrogens is 475 g/mol. The number of carbonyl (C=O) groups is 2. The Balaban J connectivity index is 1.87. The highest BCUT2D eigenvalue weighted by Gasteiger charge is 2.32. The van der Waals surface area contributed by atoms with Crippen molar-refractivity contribution < 1.29 is 19.1 Å². The van der Waals surface area contributed by atoms with Crippen molar-refractivity contribution in [3.8, 4) is 11.5 Å². The zero-order chi connectivity index (χ0) is 24.5. The van der Waals surface area contributed by atoms with Gasteiger partial charge in [0.05, 0.1) is 14.2 Å². The number of nitrogens with one attached hydrogen (secondary N) is 1. The molecule has 0 saturated heterocycles. The molecule has 2 aromatic carbocycles. The minimum Gasteiger partial charge on any atom is -0.493 e. The van der Waals surface area contributed by atoms with E-state index in [2.05, 4.69) is 5.32 Å². The second-order valence-electron chi connectivity index (χ2n) is 8.46. The average molecular weight is 507 g/mol. The first-order valence-corrected chi connectivity index (χ1v) is 12.5. The van der Waals surface area contributed by atoms with Crippen LogP contribution in [0.1, 0.15) is 49.3 Å². The van der Waals surface area contributed by atoms with Crippen LogP contribution in [0.15, 0.2) is 42.5 Å². The Bertz CT molecular complexity index is 962. The Morgan fingerprint density at radius 3 is 2.32 bits per heavy atom. The minimum absolute atomic E-state index is 0.120. The van der Waals surface area contributed by atoms with E-state index in [0.29, 0.717) is 35.1 Å². The number of halogens is 2. The molecule has 1 fully saturated rings. The van der Waals surface area contributed by atoms with Gasteiger partial charge in [0.1, 0.15) is 11.9 Å². The van der Waals surface area contributed by atoms with E-state index < -0.39 is 6.04 Å². The molecule has 0 unspecified atom stereocenters. The first-order chi connectivity index (χ1) is 16.5. The van der Waals surface area contributed by atoms with Crippen molar-refractivity contribution in [3.05, 3.63) is 58.6 Å². The van der Waals surface area contributed by atoms with Crippen molar-refractivity contribution in [1.29, 1.82) is 0 Å². The summed E-state index contributed by atoms with van der Waals surface area (Å²) in [5.41, 5.74) is 1.65. The van der Waals surface area contributed by atoms with Gasteiger partial charge in [0.15, 0.2) is 11.5 Å². The predicted octanol–water partition coefficient (Wildman–Crippen LogP) is 5.16. The molecule has 2 aromatic rings. The Morgan fingerprint density at radius 2 is 1.71 bits per heavy atom. The van der Waals surface area contributed by atoms with Crippen molar-refractivity contribution in [2.24, 2.45) is 0 Å². The molecule has 1 aliphatic rings. The molecule has 3 rings (SSSR count). The molecule has 0 aromatic heterocycles. The van der Waals surface area contributed by atoms with Crippen molar-refractivity contribution >= 4 is 35.0 Å². The molecule has 1 atom stereocenters. The molecular formula is C26H32Cl2N2O4. The fourth-order valence-corrected chi connectivity index (χ4v) is 4.68. The first-order valence-electron chi connectivity index (χ1n) is 11.6. The zero-order valence-corrected chi connectivity index (χ0v) is 21.2. The lowest BCUT2D eigenvalue weighted by molar-refractivity contribution is -0.139. The van der Waals surface area contributed by atoms with Crippen LogP contribution in [-0.4, -0.2) is 49.4 Å². The average Bonchev–Trinajstić information content (AvgIpc) is 2.87. The minimum atomic E-state index is -0.800. The third-order valence-corrected chi connectivity index (χ3v) is 6.70. The Labute approximate surface area is 211 Å². The molecule has 6 nitrogen and oxygen atoms in total. The molecule has 0 heterocycles. The molecule has 0 spiro atoms. The molecule has 0 aliphatic heterocycles. The summed E-state index contributed by atoms with van der Waals surface area (Å²) in [6, 6.07) is 12.0. The zero-order valence-electron chi connectivity index (χ0n) is 19.7. The van der Waals surface area contributed by atoms with E-state index in [4.69, 9.17) is 32.7 Å². The lowest BCUT2D eigenvalue weighted by atomic mass is 9.94. The maximum absolute atomic E-state index is 13.5. The molecule has 8 heteroatoms. The van der Waals surface area contributed by atoms with Gasteiger partial charge in [0, 0.05) is 17.6 Å². The summed E-state index contributed by atoms with van der Waals surface area (Å²) >= 11 is 12.1. The molecule has 1 saturated carbocycles. The number of amides is 2. The molecule has 0 bridgehead atoms. The van der Waals surface area contributed by atoms with Gasteiger partial charge in [-0.1, -0.05) is 49.1 Å². The van der Waals surface area contributed by atoms with Gasteiger partial charge < -0.3 is 19.7 Å². The predicted molar refractivity (Wildman–Crippen MR) is 135 cm³/mol. The van der Waals surface area contributed by atoms with E-state index in [9.17, 15) is 9.59 Å². The van der Waals surface area contributed by atoms with E-state index >= 15 is 0 Å². The second kappa shape index (κ2) is 12.9. The smallest absolute Gasteiger partial charge is 0.247 e. The first kappa shape index (κ1) is 26.2. The summed E-state index contributed by atoms with van der Waals surface area (Å²) in [4.78, 5) is 28.1. The van der Waals surface area contributed by atoms with Crippen molar-refractivity contribution in [3.63, 3.8) is 0 Å². The van der Waals surface area contributed by atoms with Crippen LogP contribution in [0.3, 0.4) is 0 Å². The quantitative estimate of drug-likeness (QED) is 0.452. The number of rotatable bonds is 10. The summed E-state index contributed by atoms with van der Waals surface area (Å²) in [5, 5.41) is 3.74. The third-order valence-electron chi connectivity index (χ3n) is 6.22. The largest absolute Gasteiger partial charge is 0.493 e. The van der Waals surface area contributed by atoms with Gasteiger partial charge in [-0.05, 0) is 54.7 Å². The van der Waals surface area contributed by atoms with Crippen LogP contribution in [-0.2, 0) is 16.0 Å². The standard InChI is InChI=1S/C26H32Cl2N2O4/c1-33-22-13-8-18(16-23(22)34-2)14-15-30(24(31)17-27)25(19-9-11-20(28)12-10-19)26(32)29-21-6-4-3-5-7-21/h8-13,16,21,25H,3-7,14-15,17H2,1-2H3,(H,29,32)/t25-/m1/s1. The summed E-state index contributed by atoms with van der Waals surface area (Å²) in [7, 11) is 3.16. The Kier molecular flexibility index (Phi) is 9.90. The van der Waals surface area contributed by atoms with Gasteiger partial charge in [0.2, 0.25) is 11.8 Å². The number of nitrogens with zero attached hydrogens (tertiary/aromatic N) is 1. The van der Waals surface area contributed by atoms with E-state index in [0.717, 1.165) is 31.2 Å². The number of benzene rings is 2. The van der Waals surface area contributed by atoms with Crippen LogP contribution >= 0.6 is 23.2 Å². The van der Waals surface area contributed by atoms with Crippen LogP contribution in [0.4, 0.5) is 0 Å². The van der Waals surface area contributed by atoms with Gasteiger partial charge in [-0.25, -0.2) is 0 Å². The maximum atomic E-state index is 13.5.